The molecule has 1 aliphatic heterocycles. The van der Waals surface area contributed by atoms with Crippen molar-refractivity contribution >= 4 is 44.8 Å². The third-order valence-corrected chi connectivity index (χ3v) is 7.29. The molecule has 9 heteroatoms. The Morgan fingerprint density at radius 1 is 0.966 bits per heavy atom. The molecule has 29 heavy (non-hydrogen) atoms. The van der Waals surface area contributed by atoms with Gasteiger partial charge in [-0.15, -0.1) is 0 Å². The molecule has 1 aliphatic rings. The van der Waals surface area contributed by atoms with Gasteiger partial charge in [0.1, 0.15) is 0 Å². The van der Waals surface area contributed by atoms with E-state index in [-0.39, 0.29) is 12.5 Å². The van der Waals surface area contributed by atoms with Crippen molar-refractivity contribution < 1.29 is 13.2 Å². The van der Waals surface area contributed by atoms with Crippen LogP contribution in [0.25, 0.3) is 0 Å². The van der Waals surface area contributed by atoms with Crippen molar-refractivity contribution in [3.8, 4) is 0 Å². The second kappa shape index (κ2) is 9.02. The fourth-order valence-electron chi connectivity index (χ4n) is 3.18. The Morgan fingerprint density at radius 2 is 1.59 bits per heavy atom. The summed E-state index contributed by atoms with van der Waals surface area (Å²) in [7, 11) is -3.53. The van der Waals surface area contributed by atoms with Gasteiger partial charge in [0.25, 0.3) is 0 Å². The molecule has 0 unspecified atom stereocenters. The molecule has 156 valence electrons. The lowest BCUT2D eigenvalue weighted by atomic mass is 10.1. The summed E-state index contributed by atoms with van der Waals surface area (Å²) in [6.07, 6.45) is 0. The molecule has 1 heterocycles. The smallest absolute Gasteiger partial charge is 0.243 e. The number of carbonyl (C=O) groups excluding carboxylic acids is 1. The average Bonchev–Trinajstić information content (AvgIpc) is 2.63. The highest BCUT2D eigenvalue weighted by atomic mass is 35.5. The molecular weight excluding hydrogens is 433 g/mol. The Hall–Kier alpha value is -1.64. The highest BCUT2D eigenvalue weighted by Crippen LogP contribution is 2.23. The third kappa shape index (κ3) is 5.49. The third-order valence-electron chi connectivity index (χ3n) is 4.96. The molecule has 0 saturated carbocycles. The molecule has 1 saturated heterocycles. The number of sulfonamides is 1. The molecule has 1 amide bonds. The predicted octanol–water partition coefficient (Wildman–Crippen LogP) is 3.56. The molecule has 0 spiro atoms. The minimum absolute atomic E-state index is 0.168. The van der Waals surface area contributed by atoms with E-state index in [9.17, 15) is 13.2 Å². The standard InChI is InChI=1S/C20H23Cl2N3O3S/c1-14-3-4-19(9-15(14)2)29(27,28)25-7-5-24(6-8-25)13-20(26)23-18-11-16(21)10-17(22)12-18/h3-4,9-12H,5-8,13H2,1-2H3,(H,23,26). The van der Waals surface area contributed by atoms with Gasteiger partial charge in [-0.25, -0.2) is 8.42 Å². The van der Waals surface area contributed by atoms with Crippen molar-refractivity contribution in [3.63, 3.8) is 0 Å². The van der Waals surface area contributed by atoms with Gasteiger partial charge < -0.3 is 5.32 Å². The zero-order chi connectivity index (χ0) is 21.2. The molecule has 0 aromatic heterocycles. The molecule has 2 aromatic rings. The van der Waals surface area contributed by atoms with E-state index < -0.39 is 10.0 Å². The topological polar surface area (TPSA) is 69.7 Å². The number of carbonyl (C=O) groups is 1. The summed E-state index contributed by atoms with van der Waals surface area (Å²) >= 11 is 11.9. The first-order valence-electron chi connectivity index (χ1n) is 9.21. The summed E-state index contributed by atoms with van der Waals surface area (Å²) in [4.78, 5) is 14.5. The second-order valence-corrected chi connectivity index (χ2v) is 9.94. The first-order valence-corrected chi connectivity index (χ1v) is 11.4. The Balaban J connectivity index is 1.57. The number of nitrogens with one attached hydrogen (secondary N) is 1. The number of anilines is 1. The van der Waals surface area contributed by atoms with Gasteiger partial charge in [0.15, 0.2) is 0 Å². The fourth-order valence-corrected chi connectivity index (χ4v) is 5.21. The van der Waals surface area contributed by atoms with Gasteiger partial charge in [0, 0.05) is 41.9 Å². The van der Waals surface area contributed by atoms with Crippen LogP contribution < -0.4 is 5.32 Å². The summed E-state index contributed by atoms with van der Waals surface area (Å²) in [5.41, 5.74) is 2.53. The van der Waals surface area contributed by atoms with E-state index >= 15 is 0 Å². The van der Waals surface area contributed by atoms with E-state index in [0.717, 1.165) is 11.1 Å². The Labute approximate surface area is 181 Å². The van der Waals surface area contributed by atoms with Gasteiger partial charge in [-0.05, 0) is 55.3 Å². The number of halogens is 2. The van der Waals surface area contributed by atoms with Gasteiger partial charge in [0.05, 0.1) is 11.4 Å². The zero-order valence-electron chi connectivity index (χ0n) is 16.3. The van der Waals surface area contributed by atoms with Crippen molar-refractivity contribution in [2.24, 2.45) is 0 Å². The Bertz CT molecular complexity index is 999. The molecule has 6 nitrogen and oxygen atoms in total. The van der Waals surface area contributed by atoms with Crippen LogP contribution in [0.15, 0.2) is 41.3 Å². The molecule has 0 aliphatic carbocycles. The molecule has 1 N–H and O–H groups in total. The minimum atomic E-state index is -3.53. The lowest BCUT2D eigenvalue weighted by Crippen LogP contribution is -2.50. The summed E-state index contributed by atoms with van der Waals surface area (Å²) < 4.78 is 27.2. The van der Waals surface area contributed by atoms with Gasteiger partial charge in [-0.1, -0.05) is 29.3 Å². The lowest BCUT2D eigenvalue weighted by molar-refractivity contribution is -0.117. The number of piperazine rings is 1. The van der Waals surface area contributed by atoms with Crippen LogP contribution in [0, 0.1) is 13.8 Å². The van der Waals surface area contributed by atoms with Gasteiger partial charge in [-0.3, -0.25) is 9.69 Å². The van der Waals surface area contributed by atoms with E-state index in [1.807, 2.05) is 24.8 Å². The van der Waals surface area contributed by atoms with E-state index in [1.54, 1.807) is 30.3 Å². The first kappa shape index (κ1) is 22.1. The van der Waals surface area contributed by atoms with Crippen molar-refractivity contribution in [1.29, 1.82) is 0 Å². The molecular formula is C20H23Cl2N3O3S. The van der Waals surface area contributed by atoms with Crippen LogP contribution in [0.5, 0.6) is 0 Å². The fraction of sp³-hybridized carbons (Fsp3) is 0.350. The van der Waals surface area contributed by atoms with E-state index in [0.29, 0.717) is 46.8 Å². The number of aryl methyl sites for hydroxylation is 2. The van der Waals surface area contributed by atoms with Crippen LogP contribution in [0.3, 0.4) is 0 Å². The normalized spacial score (nSPS) is 16.0. The highest BCUT2D eigenvalue weighted by molar-refractivity contribution is 7.89. The number of benzene rings is 2. The quantitative estimate of drug-likeness (QED) is 0.747. The maximum absolute atomic E-state index is 12.9. The average molecular weight is 456 g/mol. The number of rotatable bonds is 5. The zero-order valence-corrected chi connectivity index (χ0v) is 18.6. The van der Waals surface area contributed by atoms with Gasteiger partial charge in [-0.2, -0.15) is 4.31 Å². The van der Waals surface area contributed by atoms with Crippen LogP contribution >= 0.6 is 23.2 Å². The van der Waals surface area contributed by atoms with Gasteiger partial charge in [0.2, 0.25) is 15.9 Å². The van der Waals surface area contributed by atoms with E-state index in [4.69, 9.17) is 23.2 Å². The van der Waals surface area contributed by atoms with Crippen molar-refractivity contribution in [3.05, 3.63) is 57.6 Å². The SMILES string of the molecule is Cc1ccc(S(=O)(=O)N2CCN(CC(=O)Nc3cc(Cl)cc(Cl)c3)CC2)cc1C. The number of hydrogen-bond acceptors (Lipinski definition) is 4. The van der Waals surface area contributed by atoms with Crippen molar-refractivity contribution in [2.45, 2.75) is 18.7 Å². The predicted molar refractivity (Wildman–Crippen MR) is 116 cm³/mol. The largest absolute Gasteiger partial charge is 0.325 e. The second-order valence-electron chi connectivity index (χ2n) is 7.13. The summed E-state index contributed by atoms with van der Waals surface area (Å²) in [6.45, 7) is 5.66. The number of hydrogen-bond donors (Lipinski definition) is 1. The Morgan fingerprint density at radius 3 is 2.17 bits per heavy atom. The van der Waals surface area contributed by atoms with Crippen LogP contribution in [0.4, 0.5) is 5.69 Å². The maximum Gasteiger partial charge on any atom is 0.243 e. The molecule has 1 fully saturated rings. The van der Waals surface area contributed by atoms with Crippen LogP contribution in [0.2, 0.25) is 10.0 Å². The van der Waals surface area contributed by atoms with Crippen LogP contribution in [-0.4, -0.2) is 56.3 Å². The maximum atomic E-state index is 12.9. The minimum Gasteiger partial charge on any atom is -0.325 e. The number of nitrogens with zero attached hydrogens (tertiary/aromatic N) is 2. The lowest BCUT2D eigenvalue weighted by Gasteiger charge is -2.33. The molecule has 2 aromatic carbocycles. The van der Waals surface area contributed by atoms with Crippen molar-refractivity contribution in [1.82, 2.24) is 9.21 Å². The Kier molecular flexibility index (Phi) is 6.86. The van der Waals surface area contributed by atoms with Gasteiger partial charge >= 0.3 is 0 Å². The molecule has 0 bridgehead atoms. The molecule has 0 radical (unpaired) electrons. The van der Waals surface area contributed by atoms with E-state index in [1.165, 1.54) is 4.31 Å². The first-order chi connectivity index (χ1) is 13.6. The summed E-state index contributed by atoms with van der Waals surface area (Å²) in [6, 6.07) is 10.0. The van der Waals surface area contributed by atoms with Crippen LogP contribution in [-0.2, 0) is 14.8 Å². The summed E-state index contributed by atoms with van der Waals surface area (Å²) in [5.74, 6) is -0.200. The molecule has 3 rings (SSSR count). The summed E-state index contributed by atoms with van der Waals surface area (Å²) in [5, 5.41) is 3.65. The number of amides is 1. The highest BCUT2D eigenvalue weighted by Gasteiger charge is 2.29. The van der Waals surface area contributed by atoms with E-state index in [2.05, 4.69) is 5.32 Å². The van der Waals surface area contributed by atoms with Crippen molar-refractivity contribution in [2.75, 3.05) is 38.0 Å². The monoisotopic (exact) mass is 455 g/mol. The molecule has 0 atom stereocenters. The van der Waals surface area contributed by atoms with Crippen LogP contribution in [0.1, 0.15) is 11.1 Å².